The fourth-order valence-electron chi connectivity index (χ4n) is 14.0. The second-order valence-corrected chi connectivity index (χ2v) is 31.0. The molecule has 47 nitrogen and oxygen atoms in total. The SMILES string of the molecule is Nc1ccc(C[C@H](NC(=O)CCC(C(=O)O)N2CCN(CC(=O)O)CCN(CC(=O)O)CCN(CC(=O)O)CC2)C(=O)N[C@H](Cc2ccc(O)cc2)C(=O)N[C@H](Cc2ccc3ccccc3c2)C(=O)N[C@H](CCCCNC(=O)[C@@H](CC(=O)NCCCC(NC(=O)CC[C@H](NC(=O)N[C@@H](CCC(=O)O)C(=O)O)C(=O)O)C(=O)O)NC(=O)c2cc(C(=O)O)cc(C(=O)O)c2)C(=O)O)cc1. The Kier molecular flexibility index (Phi) is 42.5. The first kappa shape index (κ1) is 106. The number of nitrogens with zero attached hydrogens (tertiary/aromatic N) is 4. The van der Waals surface area contributed by atoms with Crippen molar-refractivity contribution >= 4 is 135 Å². The van der Waals surface area contributed by atoms with Gasteiger partial charge in [-0.05, 0) is 121 Å². The molecule has 10 amide bonds. The van der Waals surface area contributed by atoms with Gasteiger partial charge in [0.1, 0.15) is 60.1 Å². The first-order chi connectivity index (χ1) is 62.5. The molecule has 1 saturated heterocycles. The van der Waals surface area contributed by atoms with Gasteiger partial charge in [0.05, 0.1) is 37.2 Å². The normalized spacial score (nSPS) is 14.9. The maximum atomic E-state index is 15.2. The molecule has 24 N–H and O–H groups in total. The Balaban J connectivity index is 1.18. The lowest BCUT2D eigenvalue weighted by atomic mass is 9.99. The van der Waals surface area contributed by atoms with Crippen LogP contribution in [0.4, 0.5) is 10.5 Å². The molecule has 1 fully saturated rings. The predicted molar refractivity (Wildman–Crippen MR) is 459 cm³/mol. The molecule has 714 valence electrons. The van der Waals surface area contributed by atoms with Crippen LogP contribution in [0.1, 0.15) is 125 Å². The van der Waals surface area contributed by atoms with Crippen molar-refractivity contribution in [2.75, 3.05) is 90.8 Å². The molecule has 1 aliphatic heterocycles. The number of amides is 10. The highest BCUT2D eigenvalue weighted by Gasteiger charge is 2.36. The molecule has 5 aromatic carbocycles. The lowest BCUT2D eigenvalue weighted by molar-refractivity contribution is -0.145. The van der Waals surface area contributed by atoms with Crippen LogP contribution < -0.4 is 58.9 Å². The number of benzene rings is 5. The summed E-state index contributed by atoms with van der Waals surface area (Å²) in [5.41, 5.74) is 5.57. The number of unbranched alkanes of at least 4 members (excludes halogenated alkanes) is 1. The number of phenols is 1. The van der Waals surface area contributed by atoms with Gasteiger partial charge in [-0.2, -0.15) is 0 Å². The number of carbonyl (C=O) groups excluding carboxylic acids is 9. The molecular formula is C85H107N15O32. The number of carboxylic acid groups (broad SMARTS) is 11. The topological polar surface area (TPSA) is 743 Å². The van der Waals surface area contributed by atoms with E-state index < -0.39 is 261 Å². The quantitative estimate of drug-likeness (QED) is 0.0149. The summed E-state index contributed by atoms with van der Waals surface area (Å²) in [6, 6.07) is 9.33. The third-order valence-corrected chi connectivity index (χ3v) is 21.0. The van der Waals surface area contributed by atoms with Gasteiger partial charge in [0.25, 0.3) is 5.91 Å². The molecule has 0 bridgehead atoms. The van der Waals surface area contributed by atoms with Crippen molar-refractivity contribution in [2.45, 2.75) is 151 Å². The number of urea groups is 1. The number of aromatic carboxylic acids is 2. The van der Waals surface area contributed by atoms with E-state index in [9.17, 15) is 142 Å². The van der Waals surface area contributed by atoms with Crippen LogP contribution in [0.15, 0.2) is 109 Å². The van der Waals surface area contributed by atoms with E-state index in [1.54, 1.807) is 54.6 Å². The molecule has 1 aliphatic rings. The number of phenolic OH excluding ortho intramolecular Hbond substituents is 1. The number of hydrogen-bond acceptors (Lipinski definition) is 26. The average molecular weight is 1850 g/mol. The van der Waals surface area contributed by atoms with Crippen LogP contribution in [0.25, 0.3) is 10.8 Å². The molecular weight excluding hydrogens is 1740 g/mol. The van der Waals surface area contributed by atoms with Crippen LogP contribution in [0.5, 0.6) is 5.75 Å². The number of nitrogen functional groups attached to an aromatic ring is 1. The zero-order valence-corrected chi connectivity index (χ0v) is 71.3. The van der Waals surface area contributed by atoms with Crippen LogP contribution in [-0.2, 0) is 96.0 Å². The fraction of sp³-hybridized carbons (Fsp3) is 0.435. The van der Waals surface area contributed by atoms with Gasteiger partial charge in [-0.15, -0.1) is 0 Å². The summed E-state index contributed by atoms with van der Waals surface area (Å²) < 4.78 is 0. The maximum Gasteiger partial charge on any atom is 0.335 e. The van der Waals surface area contributed by atoms with E-state index in [1.165, 1.54) is 56.0 Å². The molecule has 1 heterocycles. The summed E-state index contributed by atoms with van der Waals surface area (Å²) in [5, 5.41) is 143. The Morgan fingerprint density at radius 1 is 0.333 bits per heavy atom. The van der Waals surface area contributed by atoms with Gasteiger partial charge in [0.15, 0.2) is 0 Å². The van der Waals surface area contributed by atoms with E-state index in [2.05, 4.69) is 42.5 Å². The first-order valence-electron chi connectivity index (χ1n) is 41.6. The monoisotopic (exact) mass is 1850 g/mol. The van der Waals surface area contributed by atoms with E-state index in [0.29, 0.717) is 27.8 Å². The summed E-state index contributed by atoms with van der Waals surface area (Å²) in [5.74, 6) is -24.9. The molecule has 0 radical (unpaired) electrons. The molecule has 0 aromatic heterocycles. The number of hydrogen-bond donors (Lipinski definition) is 23. The Labute approximate surface area is 752 Å². The molecule has 0 aliphatic carbocycles. The lowest BCUT2D eigenvalue weighted by Crippen LogP contribution is -2.59. The van der Waals surface area contributed by atoms with Crippen LogP contribution >= 0.6 is 0 Å². The minimum atomic E-state index is -1.87. The summed E-state index contributed by atoms with van der Waals surface area (Å²) in [7, 11) is 0. The number of carbonyl (C=O) groups is 20. The van der Waals surface area contributed by atoms with Crippen molar-refractivity contribution in [3.8, 4) is 5.75 Å². The zero-order chi connectivity index (χ0) is 97.4. The number of nitrogens with one attached hydrogen (secondary N) is 10. The van der Waals surface area contributed by atoms with Gasteiger partial charge in [-0.1, -0.05) is 66.7 Å². The van der Waals surface area contributed by atoms with E-state index in [4.69, 9.17) is 10.8 Å². The van der Waals surface area contributed by atoms with Gasteiger partial charge in [0.2, 0.25) is 41.4 Å². The van der Waals surface area contributed by atoms with Crippen molar-refractivity contribution in [1.29, 1.82) is 0 Å². The van der Waals surface area contributed by atoms with Gasteiger partial charge in [-0.25, -0.2) is 33.6 Å². The van der Waals surface area contributed by atoms with Crippen LogP contribution in [0, 0.1) is 0 Å². The van der Waals surface area contributed by atoms with Crippen LogP contribution in [-0.4, -0.2) is 339 Å². The molecule has 5 aromatic rings. The minimum absolute atomic E-state index is 0.0168. The van der Waals surface area contributed by atoms with Crippen molar-refractivity contribution in [2.24, 2.45) is 0 Å². The first-order valence-corrected chi connectivity index (χ1v) is 41.6. The Morgan fingerprint density at radius 2 is 0.735 bits per heavy atom. The third-order valence-electron chi connectivity index (χ3n) is 21.0. The number of nitrogens with two attached hydrogens (primary N) is 1. The Bertz CT molecular complexity index is 4920. The number of anilines is 1. The number of rotatable bonds is 53. The maximum absolute atomic E-state index is 15.2. The Morgan fingerprint density at radius 3 is 1.21 bits per heavy atom. The van der Waals surface area contributed by atoms with Crippen molar-refractivity contribution in [3.05, 3.63) is 143 Å². The molecule has 6 rings (SSSR count). The summed E-state index contributed by atoms with van der Waals surface area (Å²) in [6.07, 6.45) is -6.81. The van der Waals surface area contributed by atoms with Crippen molar-refractivity contribution in [3.63, 3.8) is 0 Å². The largest absolute Gasteiger partial charge is 0.508 e. The van der Waals surface area contributed by atoms with Gasteiger partial charge >= 0.3 is 71.7 Å². The van der Waals surface area contributed by atoms with Crippen LogP contribution in [0.2, 0.25) is 0 Å². The second-order valence-electron chi connectivity index (χ2n) is 31.0. The predicted octanol–water partition coefficient (Wildman–Crippen LogP) is -1.92. The molecule has 9 atom stereocenters. The molecule has 132 heavy (non-hydrogen) atoms. The smallest absolute Gasteiger partial charge is 0.335 e. The highest BCUT2D eigenvalue weighted by atomic mass is 16.4. The second kappa shape index (κ2) is 53.1. The molecule has 0 spiro atoms. The summed E-state index contributed by atoms with van der Waals surface area (Å²) >= 11 is 0. The summed E-state index contributed by atoms with van der Waals surface area (Å²) in [4.78, 5) is 265. The molecule has 0 saturated carbocycles. The summed E-state index contributed by atoms with van der Waals surface area (Å²) in [6.45, 7) is -2.47. The molecule has 2 unspecified atom stereocenters. The number of fused-ring (bicyclic) bond motifs is 1. The van der Waals surface area contributed by atoms with E-state index in [0.717, 1.165) is 23.6 Å². The number of aromatic hydroxyl groups is 1. The standard InChI is InChI=1S/C85H107N15O32/c86-55-16-11-47(12-17-55)37-61(90-67(103)24-22-65(84(130)131)100-34-32-98(45-71(109)110)30-28-97(44-70(107)108)29-31-99(33-35-100)46-72(111)112)75(115)93-62(38-48-13-18-56(101)19-14-48)77(117)94-63(39-49-10-15-50-6-1-2-7-51(50)36-49)76(116)91-58(81(124)125)8-3-4-26-88-74(114)64(92-73(113)52-40-53(78(118)119)42-54(41-52)79(120)121)43-68(104)87-27-5-9-57(80(122)123)89-66(102)23-20-59(82(126)127)95-85(132)96-60(83(128)129)21-25-69(105)106/h1-2,6-7,10-19,36,40-42,57-65,101H,3-5,8-9,20-35,37-39,43-46,86H2,(H,87,104)(H,88,114)(H,89,102)(H,90,103)(H,91,116)(H,92,113)(H,93,115)(H,94,117)(H,105,106)(H,107,108)(H,109,110)(H,111,112)(H,118,119)(H,120,121)(H,122,123)(H,124,125)(H,126,127)(H,128,129)(H,130,131)(H2,95,96,132)/t57?,58-,59+,60+,61+,62-,63-,64-,65?/m1/s1. The Hall–Kier alpha value is -15.0. The zero-order valence-electron chi connectivity index (χ0n) is 71.3. The van der Waals surface area contributed by atoms with Crippen molar-refractivity contribution in [1.82, 2.24) is 72.8 Å². The van der Waals surface area contributed by atoms with Gasteiger partial charge < -0.3 is 120 Å². The lowest BCUT2D eigenvalue weighted by Gasteiger charge is -2.35. The minimum Gasteiger partial charge on any atom is -0.508 e. The van der Waals surface area contributed by atoms with E-state index in [1.807, 2.05) is 10.6 Å². The van der Waals surface area contributed by atoms with E-state index >= 15 is 9.59 Å². The average Bonchev–Trinajstić information content (AvgIpc) is 0.828. The number of carboxylic acids is 11. The third kappa shape index (κ3) is 37.7. The highest BCUT2D eigenvalue weighted by molar-refractivity contribution is 6.04. The van der Waals surface area contributed by atoms with Crippen molar-refractivity contribution < 1.29 is 157 Å². The van der Waals surface area contributed by atoms with Gasteiger partial charge in [0, 0.05) is 115 Å². The van der Waals surface area contributed by atoms with Crippen LogP contribution in [0.3, 0.4) is 0 Å². The fourth-order valence-corrected chi connectivity index (χ4v) is 14.0. The van der Waals surface area contributed by atoms with E-state index in [-0.39, 0.29) is 116 Å². The highest BCUT2D eigenvalue weighted by Crippen LogP contribution is 2.21. The van der Waals surface area contributed by atoms with Gasteiger partial charge in [-0.3, -0.25) is 81.9 Å². The number of aliphatic carboxylic acids is 9. The molecule has 47 heteroatoms.